The molecule has 142 valence electrons. The van der Waals surface area contributed by atoms with Gasteiger partial charge in [0, 0.05) is 37.8 Å². The Kier molecular flexibility index (Phi) is 3.84. The van der Waals surface area contributed by atoms with E-state index in [-0.39, 0.29) is 12.7 Å². The number of ether oxygens (including phenoxy) is 2. The summed E-state index contributed by atoms with van der Waals surface area (Å²) >= 11 is 0. The molecular weight excluding hydrogens is 348 g/mol. The van der Waals surface area contributed by atoms with Crippen molar-refractivity contribution in [1.29, 1.82) is 0 Å². The number of nitrogens with one attached hydrogen (secondary N) is 1. The fourth-order valence-corrected chi connectivity index (χ4v) is 3.58. The lowest BCUT2D eigenvalue weighted by atomic mass is 10.0. The van der Waals surface area contributed by atoms with Crippen LogP contribution in [0.2, 0.25) is 0 Å². The smallest absolute Gasteiger partial charge is 0.246 e. The van der Waals surface area contributed by atoms with Crippen LogP contribution in [-0.4, -0.2) is 61.0 Å². The number of aromatic nitrogens is 1. The van der Waals surface area contributed by atoms with Gasteiger partial charge in [0.15, 0.2) is 17.3 Å². The largest absolute Gasteiger partial charge is 0.454 e. The molecule has 1 aromatic carbocycles. The van der Waals surface area contributed by atoms with Crippen molar-refractivity contribution in [2.75, 3.05) is 40.0 Å². The Morgan fingerprint density at radius 3 is 2.67 bits per heavy atom. The van der Waals surface area contributed by atoms with Crippen LogP contribution in [0, 0.1) is 0 Å². The highest BCUT2D eigenvalue weighted by molar-refractivity contribution is 5.90. The van der Waals surface area contributed by atoms with Crippen molar-refractivity contribution in [2.45, 2.75) is 18.3 Å². The first-order chi connectivity index (χ1) is 13.1. The number of piperazine rings is 1. The highest BCUT2D eigenvalue weighted by Crippen LogP contribution is 2.49. The molecule has 1 saturated heterocycles. The predicted molar refractivity (Wildman–Crippen MR) is 96.2 cm³/mol. The lowest BCUT2D eigenvalue weighted by molar-refractivity contribution is -0.129. The summed E-state index contributed by atoms with van der Waals surface area (Å²) in [6, 6.07) is 7.50. The number of carbonyl (C=O) groups excluding carboxylic acids is 1. The summed E-state index contributed by atoms with van der Waals surface area (Å²) in [4.78, 5) is 15.1. The standard InChI is InChI=1S/C19H22N4O4/c1-22-6-8-23(9-7-22)20-18(24)19(4-5-19)17-11-15(27-21-17)13-2-3-14-16(10-13)26-12-25-14/h2-3,10-11H,4-9,12H2,1H3,(H,20,24). The summed E-state index contributed by atoms with van der Waals surface area (Å²) in [6.45, 7) is 3.80. The Hall–Kier alpha value is -2.58. The van der Waals surface area contributed by atoms with Gasteiger partial charge < -0.3 is 18.9 Å². The molecule has 27 heavy (non-hydrogen) atoms. The van der Waals surface area contributed by atoms with Crippen LogP contribution < -0.4 is 14.9 Å². The van der Waals surface area contributed by atoms with Crippen LogP contribution in [0.1, 0.15) is 18.5 Å². The van der Waals surface area contributed by atoms with Gasteiger partial charge in [0.2, 0.25) is 12.7 Å². The maximum Gasteiger partial charge on any atom is 0.246 e. The molecule has 3 heterocycles. The topological polar surface area (TPSA) is 80.1 Å². The summed E-state index contributed by atoms with van der Waals surface area (Å²) in [6.07, 6.45) is 1.58. The first kappa shape index (κ1) is 16.6. The summed E-state index contributed by atoms with van der Waals surface area (Å²) in [5.74, 6) is 2.06. The van der Waals surface area contributed by atoms with E-state index in [0.717, 1.165) is 50.3 Å². The van der Waals surface area contributed by atoms with Crippen molar-refractivity contribution in [3.8, 4) is 22.8 Å². The van der Waals surface area contributed by atoms with Gasteiger partial charge in [0.25, 0.3) is 0 Å². The third-order valence-electron chi connectivity index (χ3n) is 5.61. The van der Waals surface area contributed by atoms with E-state index in [9.17, 15) is 4.79 Å². The van der Waals surface area contributed by atoms with Gasteiger partial charge in [-0.1, -0.05) is 5.16 Å². The van der Waals surface area contributed by atoms with E-state index >= 15 is 0 Å². The zero-order valence-electron chi connectivity index (χ0n) is 15.2. The van der Waals surface area contributed by atoms with Crippen LogP contribution in [0.3, 0.4) is 0 Å². The maximum atomic E-state index is 12.9. The fraction of sp³-hybridized carbons (Fsp3) is 0.474. The molecular formula is C19H22N4O4. The van der Waals surface area contributed by atoms with E-state index in [1.807, 2.05) is 29.3 Å². The quantitative estimate of drug-likeness (QED) is 0.871. The molecule has 8 nitrogen and oxygen atoms in total. The first-order valence-corrected chi connectivity index (χ1v) is 9.26. The van der Waals surface area contributed by atoms with Crippen LogP contribution in [-0.2, 0) is 10.2 Å². The lowest BCUT2D eigenvalue weighted by Gasteiger charge is -2.33. The summed E-state index contributed by atoms with van der Waals surface area (Å²) in [5, 5.41) is 6.21. The maximum absolute atomic E-state index is 12.9. The number of hydrogen-bond donors (Lipinski definition) is 1. The molecule has 0 radical (unpaired) electrons. The van der Waals surface area contributed by atoms with Crippen molar-refractivity contribution in [3.63, 3.8) is 0 Å². The number of likely N-dealkylation sites (N-methyl/N-ethyl adjacent to an activating group) is 1. The van der Waals surface area contributed by atoms with Crippen molar-refractivity contribution in [2.24, 2.45) is 0 Å². The van der Waals surface area contributed by atoms with Crippen molar-refractivity contribution in [3.05, 3.63) is 30.0 Å². The van der Waals surface area contributed by atoms with Crippen molar-refractivity contribution in [1.82, 2.24) is 20.5 Å². The first-order valence-electron chi connectivity index (χ1n) is 9.26. The van der Waals surface area contributed by atoms with Gasteiger partial charge in [-0.15, -0.1) is 0 Å². The predicted octanol–water partition coefficient (Wildman–Crippen LogP) is 1.38. The van der Waals surface area contributed by atoms with E-state index in [4.69, 9.17) is 14.0 Å². The average molecular weight is 370 g/mol. The molecule has 0 atom stereocenters. The normalized spacial score (nSPS) is 21.2. The van der Waals surface area contributed by atoms with E-state index in [1.165, 1.54) is 0 Å². The third kappa shape index (κ3) is 2.94. The number of rotatable bonds is 4. The minimum atomic E-state index is -0.568. The summed E-state index contributed by atoms with van der Waals surface area (Å²) < 4.78 is 16.3. The number of hydrazine groups is 1. The molecule has 1 aromatic heterocycles. The van der Waals surface area contributed by atoms with E-state index in [1.54, 1.807) is 0 Å². The molecule has 1 amide bonds. The van der Waals surface area contributed by atoms with Gasteiger partial charge in [0.1, 0.15) is 0 Å². The SMILES string of the molecule is CN1CCN(NC(=O)C2(c3cc(-c4ccc5c(c4)OCO5)on3)CC2)CC1. The van der Waals surface area contributed by atoms with Gasteiger partial charge in [0.05, 0.1) is 11.1 Å². The third-order valence-corrected chi connectivity index (χ3v) is 5.61. The Morgan fingerprint density at radius 2 is 1.89 bits per heavy atom. The molecule has 2 fully saturated rings. The molecule has 3 aliphatic rings. The monoisotopic (exact) mass is 370 g/mol. The Bertz CT molecular complexity index is 868. The van der Waals surface area contributed by atoms with Gasteiger partial charge in [-0.05, 0) is 38.1 Å². The molecule has 2 aliphatic heterocycles. The molecule has 0 unspecified atom stereocenters. The van der Waals surface area contributed by atoms with Crippen LogP contribution >= 0.6 is 0 Å². The second kappa shape index (κ2) is 6.24. The Balaban J connectivity index is 1.32. The lowest BCUT2D eigenvalue weighted by Crippen LogP contribution is -2.54. The second-order valence-corrected chi connectivity index (χ2v) is 7.46. The van der Waals surface area contributed by atoms with E-state index in [0.29, 0.717) is 17.2 Å². The Morgan fingerprint density at radius 1 is 1.11 bits per heavy atom. The number of carbonyl (C=O) groups is 1. The molecule has 0 spiro atoms. The molecule has 1 saturated carbocycles. The fourth-order valence-electron chi connectivity index (χ4n) is 3.58. The van der Waals surface area contributed by atoms with Gasteiger partial charge in [-0.3, -0.25) is 10.2 Å². The molecule has 1 N–H and O–H groups in total. The van der Waals surface area contributed by atoms with Crippen LogP contribution in [0.25, 0.3) is 11.3 Å². The second-order valence-electron chi connectivity index (χ2n) is 7.46. The highest BCUT2D eigenvalue weighted by Gasteiger charge is 2.54. The molecule has 1 aliphatic carbocycles. The number of nitrogens with zero attached hydrogens (tertiary/aromatic N) is 3. The van der Waals surface area contributed by atoms with Gasteiger partial charge in [-0.25, -0.2) is 5.01 Å². The van der Waals surface area contributed by atoms with E-state index in [2.05, 4.69) is 22.5 Å². The average Bonchev–Trinajstić information content (AvgIpc) is 3.13. The zero-order valence-corrected chi connectivity index (χ0v) is 15.2. The molecule has 5 rings (SSSR count). The molecule has 0 bridgehead atoms. The number of amides is 1. The van der Waals surface area contributed by atoms with Crippen molar-refractivity contribution < 1.29 is 18.8 Å². The number of fused-ring (bicyclic) bond motifs is 1. The van der Waals surface area contributed by atoms with Gasteiger partial charge in [-0.2, -0.15) is 0 Å². The minimum Gasteiger partial charge on any atom is -0.454 e. The number of hydrogen-bond acceptors (Lipinski definition) is 7. The van der Waals surface area contributed by atoms with Crippen molar-refractivity contribution >= 4 is 5.91 Å². The van der Waals surface area contributed by atoms with Crippen LogP contribution in [0.15, 0.2) is 28.8 Å². The highest BCUT2D eigenvalue weighted by atomic mass is 16.7. The summed E-state index contributed by atoms with van der Waals surface area (Å²) in [7, 11) is 2.09. The Labute approximate surface area is 157 Å². The van der Waals surface area contributed by atoms with Crippen LogP contribution in [0.5, 0.6) is 11.5 Å². The number of benzene rings is 1. The van der Waals surface area contributed by atoms with E-state index < -0.39 is 5.41 Å². The minimum absolute atomic E-state index is 0.0117. The van der Waals surface area contributed by atoms with Crippen LogP contribution in [0.4, 0.5) is 0 Å². The summed E-state index contributed by atoms with van der Waals surface area (Å²) in [5.41, 5.74) is 4.06. The molecule has 8 heteroatoms. The molecule has 2 aromatic rings. The zero-order chi connectivity index (χ0) is 18.4. The van der Waals surface area contributed by atoms with Gasteiger partial charge >= 0.3 is 0 Å².